The van der Waals surface area contributed by atoms with Crippen LogP contribution < -0.4 is 15.4 Å². The van der Waals surface area contributed by atoms with Crippen molar-refractivity contribution < 1.29 is 14.3 Å². The van der Waals surface area contributed by atoms with Gasteiger partial charge in [0.25, 0.3) is 0 Å². The highest BCUT2D eigenvalue weighted by Crippen LogP contribution is 2.27. The minimum Gasteiger partial charge on any atom is -0.486 e. The van der Waals surface area contributed by atoms with Crippen LogP contribution in [0.1, 0.15) is 19.3 Å². The van der Waals surface area contributed by atoms with Crippen molar-refractivity contribution in [1.29, 1.82) is 0 Å². The summed E-state index contributed by atoms with van der Waals surface area (Å²) >= 11 is 0. The molecule has 22 heavy (non-hydrogen) atoms. The molecule has 0 spiro atoms. The summed E-state index contributed by atoms with van der Waals surface area (Å²) in [4.78, 5) is 12.3. The van der Waals surface area contributed by atoms with Crippen molar-refractivity contribution >= 4 is 24.0 Å². The van der Waals surface area contributed by atoms with E-state index in [0.29, 0.717) is 6.61 Å². The van der Waals surface area contributed by atoms with E-state index in [0.717, 1.165) is 50.4 Å². The molecule has 1 aromatic carbocycles. The lowest BCUT2D eigenvalue weighted by Gasteiger charge is -2.23. The van der Waals surface area contributed by atoms with Gasteiger partial charge in [0.2, 0.25) is 5.91 Å². The Hall–Kier alpha value is -1.30. The Labute approximate surface area is 137 Å². The summed E-state index contributed by atoms with van der Waals surface area (Å²) in [7, 11) is 0. The SMILES string of the molecule is Cl.O=C(Nc1ccccc1OC1CCOC1)C1CCCNC1. The number of para-hydroxylation sites is 2. The molecule has 0 radical (unpaired) electrons. The maximum absolute atomic E-state index is 12.3. The summed E-state index contributed by atoms with van der Waals surface area (Å²) in [5.74, 6) is 0.840. The number of rotatable bonds is 4. The molecule has 0 saturated carbocycles. The first-order valence-corrected chi connectivity index (χ1v) is 7.68. The third-order valence-corrected chi connectivity index (χ3v) is 3.99. The fourth-order valence-electron chi connectivity index (χ4n) is 2.77. The smallest absolute Gasteiger partial charge is 0.228 e. The average Bonchev–Trinajstić information content (AvgIpc) is 3.03. The van der Waals surface area contributed by atoms with Crippen molar-refractivity contribution in [1.82, 2.24) is 5.32 Å². The molecular formula is C16H23ClN2O3. The molecule has 2 saturated heterocycles. The predicted molar refractivity (Wildman–Crippen MR) is 87.8 cm³/mol. The standard InChI is InChI=1S/C16H22N2O3.ClH/c19-16(12-4-3-8-17-10-12)18-14-5-1-2-6-15(14)21-13-7-9-20-11-13;/h1-2,5-6,12-13,17H,3-4,7-11H2,(H,18,19);1H. The number of anilines is 1. The molecule has 6 heteroatoms. The largest absolute Gasteiger partial charge is 0.486 e. The molecule has 2 atom stereocenters. The number of amides is 1. The van der Waals surface area contributed by atoms with Gasteiger partial charge >= 0.3 is 0 Å². The summed E-state index contributed by atoms with van der Waals surface area (Å²) < 4.78 is 11.3. The van der Waals surface area contributed by atoms with Gasteiger partial charge in [0.05, 0.1) is 24.8 Å². The van der Waals surface area contributed by atoms with E-state index in [2.05, 4.69) is 10.6 Å². The number of ether oxygens (including phenoxy) is 2. The predicted octanol–water partition coefficient (Wildman–Crippen LogP) is 2.21. The van der Waals surface area contributed by atoms with Crippen molar-refractivity contribution in [2.75, 3.05) is 31.6 Å². The highest BCUT2D eigenvalue weighted by atomic mass is 35.5. The van der Waals surface area contributed by atoms with Gasteiger partial charge in [-0.2, -0.15) is 0 Å². The van der Waals surface area contributed by atoms with Crippen molar-refractivity contribution in [2.45, 2.75) is 25.4 Å². The van der Waals surface area contributed by atoms with Gasteiger partial charge in [-0.15, -0.1) is 12.4 Å². The van der Waals surface area contributed by atoms with Gasteiger partial charge in [0, 0.05) is 13.0 Å². The lowest BCUT2D eigenvalue weighted by molar-refractivity contribution is -0.120. The molecule has 1 amide bonds. The Balaban J connectivity index is 0.00000176. The number of carbonyl (C=O) groups is 1. The zero-order valence-corrected chi connectivity index (χ0v) is 13.4. The molecule has 2 aliphatic heterocycles. The highest BCUT2D eigenvalue weighted by molar-refractivity contribution is 5.94. The first kappa shape index (κ1) is 17.1. The maximum Gasteiger partial charge on any atom is 0.228 e. The molecule has 0 aromatic heterocycles. The monoisotopic (exact) mass is 326 g/mol. The first-order valence-electron chi connectivity index (χ1n) is 7.68. The van der Waals surface area contributed by atoms with Crippen LogP contribution in [0.25, 0.3) is 0 Å². The maximum atomic E-state index is 12.3. The van der Waals surface area contributed by atoms with Crippen molar-refractivity contribution in [3.05, 3.63) is 24.3 Å². The van der Waals surface area contributed by atoms with Gasteiger partial charge in [0.1, 0.15) is 11.9 Å². The highest BCUT2D eigenvalue weighted by Gasteiger charge is 2.23. The molecule has 0 bridgehead atoms. The Kier molecular flexibility index (Phi) is 6.49. The van der Waals surface area contributed by atoms with E-state index in [1.807, 2.05) is 24.3 Å². The average molecular weight is 327 g/mol. The molecule has 2 unspecified atom stereocenters. The quantitative estimate of drug-likeness (QED) is 0.890. The third kappa shape index (κ3) is 4.35. The van der Waals surface area contributed by atoms with Crippen molar-refractivity contribution in [2.24, 2.45) is 5.92 Å². The van der Waals surface area contributed by atoms with E-state index >= 15 is 0 Å². The van der Waals surface area contributed by atoms with Gasteiger partial charge in [0.15, 0.2) is 0 Å². The lowest BCUT2D eigenvalue weighted by atomic mass is 9.99. The summed E-state index contributed by atoms with van der Waals surface area (Å²) in [6.07, 6.45) is 2.97. The second-order valence-electron chi connectivity index (χ2n) is 5.63. The van der Waals surface area contributed by atoms with Crippen LogP contribution in [0.5, 0.6) is 5.75 Å². The molecule has 1 aromatic rings. The van der Waals surface area contributed by atoms with Gasteiger partial charge in [-0.25, -0.2) is 0 Å². The Bertz CT molecular complexity index is 486. The van der Waals surface area contributed by atoms with E-state index in [1.165, 1.54) is 0 Å². The summed E-state index contributed by atoms with van der Waals surface area (Å²) in [5.41, 5.74) is 0.750. The normalized spacial score (nSPS) is 24.4. The van der Waals surface area contributed by atoms with E-state index < -0.39 is 0 Å². The number of nitrogens with one attached hydrogen (secondary N) is 2. The number of carbonyl (C=O) groups excluding carboxylic acids is 1. The van der Waals surface area contributed by atoms with Crippen LogP contribution in [0.4, 0.5) is 5.69 Å². The number of benzene rings is 1. The topological polar surface area (TPSA) is 59.6 Å². The van der Waals surface area contributed by atoms with Gasteiger partial charge in [-0.05, 0) is 31.5 Å². The second-order valence-corrected chi connectivity index (χ2v) is 5.63. The molecule has 2 N–H and O–H groups in total. The summed E-state index contributed by atoms with van der Waals surface area (Å²) in [6.45, 7) is 3.12. The van der Waals surface area contributed by atoms with E-state index in [1.54, 1.807) is 0 Å². The second kappa shape index (κ2) is 8.36. The van der Waals surface area contributed by atoms with Gasteiger partial charge in [-0.3, -0.25) is 4.79 Å². The van der Waals surface area contributed by atoms with Crippen LogP contribution in [0.3, 0.4) is 0 Å². The number of halogens is 1. The molecule has 3 rings (SSSR count). The number of hydrogen-bond acceptors (Lipinski definition) is 4. The van der Waals surface area contributed by atoms with E-state index in [9.17, 15) is 4.79 Å². The molecule has 0 aliphatic carbocycles. The molecule has 122 valence electrons. The fraction of sp³-hybridized carbons (Fsp3) is 0.562. The van der Waals surface area contributed by atoms with Crippen LogP contribution in [-0.2, 0) is 9.53 Å². The van der Waals surface area contributed by atoms with Gasteiger partial charge in [-0.1, -0.05) is 12.1 Å². The van der Waals surface area contributed by atoms with E-state index in [4.69, 9.17) is 9.47 Å². The molecule has 2 aliphatic rings. The van der Waals surface area contributed by atoms with Crippen LogP contribution in [0.15, 0.2) is 24.3 Å². The Morgan fingerprint density at radius 3 is 2.91 bits per heavy atom. The zero-order chi connectivity index (χ0) is 14.5. The summed E-state index contributed by atoms with van der Waals surface area (Å²) in [6, 6.07) is 7.61. The van der Waals surface area contributed by atoms with Crippen LogP contribution in [-0.4, -0.2) is 38.3 Å². The van der Waals surface area contributed by atoms with Crippen LogP contribution >= 0.6 is 12.4 Å². The lowest BCUT2D eigenvalue weighted by Crippen LogP contribution is -2.37. The molecular weight excluding hydrogens is 304 g/mol. The van der Waals surface area contributed by atoms with Crippen molar-refractivity contribution in [3.8, 4) is 5.75 Å². The first-order chi connectivity index (χ1) is 10.3. The molecule has 5 nitrogen and oxygen atoms in total. The molecule has 2 fully saturated rings. The fourth-order valence-corrected chi connectivity index (χ4v) is 2.77. The Morgan fingerprint density at radius 1 is 1.32 bits per heavy atom. The number of hydrogen-bond donors (Lipinski definition) is 2. The minimum absolute atomic E-state index is 0. The third-order valence-electron chi connectivity index (χ3n) is 3.99. The van der Waals surface area contributed by atoms with Crippen molar-refractivity contribution in [3.63, 3.8) is 0 Å². The van der Waals surface area contributed by atoms with Crippen LogP contribution in [0, 0.1) is 5.92 Å². The summed E-state index contributed by atoms with van der Waals surface area (Å²) in [5, 5.41) is 6.28. The number of piperidine rings is 1. The minimum atomic E-state index is 0. The van der Waals surface area contributed by atoms with Crippen LogP contribution in [0.2, 0.25) is 0 Å². The molecule has 2 heterocycles. The van der Waals surface area contributed by atoms with E-state index in [-0.39, 0.29) is 30.3 Å². The van der Waals surface area contributed by atoms with Gasteiger partial charge < -0.3 is 20.1 Å². The Morgan fingerprint density at radius 2 is 2.18 bits per heavy atom. The zero-order valence-electron chi connectivity index (χ0n) is 12.5.